The molecule has 1 aliphatic carbocycles. The highest BCUT2D eigenvalue weighted by Crippen LogP contribution is 2.31. The molecule has 1 atom stereocenters. The van der Waals surface area contributed by atoms with Crippen molar-refractivity contribution in [2.24, 2.45) is 5.92 Å². The van der Waals surface area contributed by atoms with Gasteiger partial charge in [0.05, 0.1) is 0 Å². The third-order valence-electron chi connectivity index (χ3n) is 9.61. The molecule has 1 saturated carbocycles. The fourth-order valence-electron chi connectivity index (χ4n) is 7.00. The van der Waals surface area contributed by atoms with Crippen LogP contribution in [-0.2, 0) is 22.4 Å². The Hall–Kier alpha value is -2.91. The number of ketones is 1. The van der Waals surface area contributed by atoms with Gasteiger partial charge in [-0.05, 0) is 101 Å². The fourth-order valence-corrected chi connectivity index (χ4v) is 7.23. The van der Waals surface area contributed by atoms with Gasteiger partial charge in [-0.25, -0.2) is 9.59 Å². The molecule has 1 N–H and O–H groups in total. The number of fused-ring (bicyclic) bond motifs is 1. The molecule has 0 spiro atoms. The molecule has 3 amide bonds. The van der Waals surface area contributed by atoms with E-state index in [4.69, 9.17) is 4.74 Å². The highest BCUT2D eigenvalue weighted by Gasteiger charge is 2.36. The van der Waals surface area contributed by atoms with Crippen molar-refractivity contribution < 1.29 is 19.1 Å². The standard InChI is InChI=1S/C34H45BrN4O4/c1-22-19-24(20-23(2)31(22)35)21-30(32(40)26-9-11-27(12-10-26)37(3)4)43-34(42)38-16-14-28(15-17-38)39-18-13-25-7-5-6-8-29(25)36-33(39)41/h5-8,19-20,26-28,30H,9-18,21H2,1-4H3,(H,36,41)/t26?,27?,30-/m1/s1. The summed E-state index contributed by atoms with van der Waals surface area (Å²) in [6.07, 6.45) is 4.87. The van der Waals surface area contributed by atoms with Crippen LogP contribution in [0.25, 0.3) is 0 Å². The Kier molecular flexibility index (Phi) is 10.1. The minimum absolute atomic E-state index is 0.0412. The van der Waals surface area contributed by atoms with E-state index in [1.807, 2.05) is 36.9 Å². The molecule has 2 fully saturated rings. The van der Waals surface area contributed by atoms with E-state index in [1.165, 1.54) is 0 Å². The lowest BCUT2D eigenvalue weighted by Crippen LogP contribution is -2.51. The fraction of sp³-hybridized carbons (Fsp3) is 0.559. The summed E-state index contributed by atoms with van der Waals surface area (Å²) in [5.41, 5.74) is 5.21. The van der Waals surface area contributed by atoms with E-state index in [9.17, 15) is 14.4 Å². The van der Waals surface area contributed by atoms with Crippen molar-refractivity contribution in [1.29, 1.82) is 0 Å². The number of nitrogens with zero attached hydrogens (tertiary/aromatic N) is 3. The number of hydrogen-bond donors (Lipinski definition) is 1. The van der Waals surface area contributed by atoms with Gasteiger partial charge in [0, 0.05) is 54.2 Å². The lowest BCUT2D eigenvalue weighted by Gasteiger charge is -2.38. The summed E-state index contributed by atoms with van der Waals surface area (Å²) in [4.78, 5) is 46.3. The van der Waals surface area contributed by atoms with Crippen LogP contribution in [0, 0.1) is 19.8 Å². The molecule has 2 heterocycles. The average molecular weight is 654 g/mol. The third-order valence-corrected chi connectivity index (χ3v) is 10.9. The van der Waals surface area contributed by atoms with Crippen LogP contribution in [0.3, 0.4) is 0 Å². The number of anilines is 1. The molecule has 2 aromatic carbocycles. The molecule has 0 unspecified atom stereocenters. The van der Waals surface area contributed by atoms with Gasteiger partial charge in [0.2, 0.25) is 0 Å². The first-order valence-corrected chi connectivity index (χ1v) is 16.5. The average Bonchev–Trinajstić information content (AvgIpc) is 3.17. The topological polar surface area (TPSA) is 82.2 Å². The van der Waals surface area contributed by atoms with Crippen LogP contribution in [0.1, 0.15) is 60.8 Å². The quantitative estimate of drug-likeness (QED) is 0.377. The number of carbonyl (C=O) groups is 3. The van der Waals surface area contributed by atoms with E-state index in [1.54, 1.807) is 4.90 Å². The summed E-state index contributed by atoms with van der Waals surface area (Å²) in [6, 6.07) is 12.5. The summed E-state index contributed by atoms with van der Waals surface area (Å²) < 4.78 is 7.14. The molecule has 3 aliphatic rings. The van der Waals surface area contributed by atoms with Crippen LogP contribution in [0.2, 0.25) is 0 Å². The molecular formula is C34H45BrN4O4. The molecule has 43 heavy (non-hydrogen) atoms. The van der Waals surface area contributed by atoms with Crippen molar-refractivity contribution in [3.63, 3.8) is 0 Å². The van der Waals surface area contributed by atoms with E-state index in [0.717, 1.165) is 64.5 Å². The predicted molar refractivity (Wildman–Crippen MR) is 172 cm³/mol. The van der Waals surface area contributed by atoms with Crippen LogP contribution in [-0.4, -0.2) is 84.5 Å². The zero-order chi connectivity index (χ0) is 30.7. The Morgan fingerprint density at radius 2 is 1.65 bits per heavy atom. The number of nitrogens with one attached hydrogen (secondary N) is 1. The third kappa shape index (κ3) is 7.43. The number of Topliss-reactive ketones (excluding diaryl/α,β-unsaturated/α-hetero) is 1. The summed E-state index contributed by atoms with van der Waals surface area (Å²) in [5.74, 6) is -0.0532. The number of piperidine rings is 1. The Balaban J connectivity index is 1.23. The maximum Gasteiger partial charge on any atom is 0.410 e. The molecule has 5 rings (SSSR count). The number of urea groups is 1. The first-order chi connectivity index (χ1) is 20.6. The monoisotopic (exact) mass is 652 g/mol. The minimum atomic E-state index is -0.819. The molecule has 2 aliphatic heterocycles. The first-order valence-electron chi connectivity index (χ1n) is 15.7. The van der Waals surface area contributed by atoms with Gasteiger partial charge in [0.1, 0.15) is 0 Å². The Bertz CT molecular complexity index is 1310. The van der Waals surface area contributed by atoms with Gasteiger partial charge in [-0.1, -0.05) is 46.3 Å². The second kappa shape index (κ2) is 13.8. The number of carbonyl (C=O) groups excluding carboxylic acids is 3. The predicted octanol–water partition coefficient (Wildman–Crippen LogP) is 6.36. The van der Waals surface area contributed by atoms with Crippen LogP contribution in [0.4, 0.5) is 15.3 Å². The number of benzene rings is 2. The van der Waals surface area contributed by atoms with Gasteiger partial charge < -0.3 is 24.8 Å². The van der Waals surface area contributed by atoms with Crippen molar-refractivity contribution in [1.82, 2.24) is 14.7 Å². The lowest BCUT2D eigenvalue weighted by molar-refractivity contribution is -0.133. The summed E-state index contributed by atoms with van der Waals surface area (Å²) in [6.45, 7) is 5.71. The summed E-state index contributed by atoms with van der Waals surface area (Å²) >= 11 is 3.64. The number of para-hydroxylation sites is 1. The molecule has 0 radical (unpaired) electrons. The van der Waals surface area contributed by atoms with E-state index < -0.39 is 12.2 Å². The van der Waals surface area contributed by atoms with Gasteiger partial charge >= 0.3 is 12.1 Å². The number of ether oxygens (including phenoxy) is 1. The largest absolute Gasteiger partial charge is 0.438 e. The van der Waals surface area contributed by atoms with Crippen molar-refractivity contribution in [3.05, 3.63) is 63.1 Å². The van der Waals surface area contributed by atoms with Crippen LogP contribution >= 0.6 is 15.9 Å². The van der Waals surface area contributed by atoms with Gasteiger partial charge in [-0.3, -0.25) is 4.79 Å². The maximum atomic E-state index is 13.9. The number of aryl methyl sites for hydroxylation is 2. The van der Waals surface area contributed by atoms with Crippen LogP contribution in [0.5, 0.6) is 0 Å². The molecule has 2 aromatic rings. The zero-order valence-electron chi connectivity index (χ0n) is 25.9. The molecule has 0 aromatic heterocycles. The molecule has 232 valence electrons. The van der Waals surface area contributed by atoms with Gasteiger partial charge in [-0.15, -0.1) is 0 Å². The van der Waals surface area contributed by atoms with Gasteiger partial charge in [0.15, 0.2) is 11.9 Å². The number of amides is 3. The smallest absolute Gasteiger partial charge is 0.410 e. The Morgan fingerprint density at radius 1 is 1.00 bits per heavy atom. The number of likely N-dealkylation sites (tertiary alicyclic amines) is 1. The SMILES string of the molecule is Cc1cc(C[C@@H](OC(=O)N2CCC(N3CCc4ccccc4NC3=O)CC2)C(=O)C2CCC(N(C)C)CC2)cc(C)c1Br. The van der Waals surface area contributed by atoms with Crippen molar-refractivity contribution in [3.8, 4) is 0 Å². The van der Waals surface area contributed by atoms with Crippen molar-refractivity contribution >= 4 is 39.5 Å². The Morgan fingerprint density at radius 3 is 2.30 bits per heavy atom. The molecule has 0 bridgehead atoms. The number of rotatable bonds is 7. The van der Waals surface area contributed by atoms with E-state index >= 15 is 0 Å². The number of hydrogen-bond acceptors (Lipinski definition) is 5. The molecule has 1 saturated heterocycles. The summed E-state index contributed by atoms with van der Waals surface area (Å²) in [7, 11) is 4.19. The van der Waals surface area contributed by atoms with Gasteiger partial charge in [0.25, 0.3) is 0 Å². The highest BCUT2D eigenvalue weighted by molar-refractivity contribution is 9.10. The van der Waals surface area contributed by atoms with Crippen LogP contribution < -0.4 is 5.32 Å². The minimum Gasteiger partial charge on any atom is -0.438 e. The van der Waals surface area contributed by atoms with E-state index in [-0.39, 0.29) is 23.8 Å². The zero-order valence-corrected chi connectivity index (χ0v) is 27.5. The summed E-state index contributed by atoms with van der Waals surface area (Å²) in [5, 5.41) is 3.06. The van der Waals surface area contributed by atoms with E-state index in [0.29, 0.717) is 44.9 Å². The second-order valence-corrected chi connectivity index (χ2v) is 13.5. The molecule has 8 nitrogen and oxygen atoms in total. The normalized spacial score (nSPS) is 22.0. The lowest BCUT2D eigenvalue weighted by atomic mass is 9.80. The van der Waals surface area contributed by atoms with E-state index in [2.05, 4.69) is 58.4 Å². The maximum absolute atomic E-state index is 13.9. The molecular weight excluding hydrogens is 608 g/mol. The molecule has 9 heteroatoms. The second-order valence-electron chi connectivity index (χ2n) is 12.7. The van der Waals surface area contributed by atoms with Crippen molar-refractivity contribution in [2.75, 3.05) is 39.0 Å². The highest BCUT2D eigenvalue weighted by atomic mass is 79.9. The number of halogens is 1. The van der Waals surface area contributed by atoms with Crippen LogP contribution in [0.15, 0.2) is 40.9 Å². The van der Waals surface area contributed by atoms with Crippen molar-refractivity contribution in [2.45, 2.75) is 83.4 Å². The van der Waals surface area contributed by atoms with Gasteiger partial charge in [-0.2, -0.15) is 0 Å². The Labute approximate surface area is 264 Å². The first kappa shape index (κ1) is 31.5.